The monoisotopic (exact) mass is 248 g/mol. The van der Waals surface area contributed by atoms with Crippen LogP contribution in [0.5, 0.6) is 5.75 Å². The molecule has 0 spiro atoms. The third-order valence-electron chi connectivity index (χ3n) is 4.19. The van der Waals surface area contributed by atoms with Gasteiger partial charge in [0.15, 0.2) is 0 Å². The SMILES string of the molecule is CN(Cc1ccc(O)cc1)CC1(N(C)C)CCC1. The van der Waals surface area contributed by atoms with Crippen LogP contribution in [0.2, 0.25) is 0 Å². The van der Waals surface area contributed by atoms with Crippen LogP contribution in [0.15, 0.2) is 24.3 Å². The molecule has 1 aromatic carbocycles. The van der Waals surface area contributed by atoms with Crippen molar-refractivity contribution in [2.45, 2.75) is 31.3 Å². The molecule has 2 rings (SSSR count). The zero-order valence-electron chi connectivity index (χ0n) is 11.7. The maximum absolute atomic E-state index is 9.28. The summed E-state index contributed by atoms with van der Waals surface area (Å²) in [5.41, 5.74) is 1.63. The zero-order valence-corrected chi connectivity index (χ0v) is 11.7. The second-order valence-corrected chi connectivity index (χ2v) is 5.81. The molecule has 0 radical (unpaired) electrons. The standard InChI is InChI=1S/C15H24N2O/c1-16(2)15(9-4-10-15)12-17(3)11-13-5-7-14(18)8-6-13/h5-8,18H,4,9-12H2,1-3H3. The molecule has 0 atom stereocenters. The highest BCUT2D eigenvalue weighted by Gasteiger charge is 2.39. The first kappa shape index (κ1) is 13.4. The van der Waals surface area contributed by atoms with Crippen LogP contribution in [0.3, 0.4) is 0 Å². The van der Waals surface area contributed by atoms with Crippen LogP contribution in [-0.4, -0.2) is 48.1 Å². The Kier molecular flexibility index (Phi) is 3.93. The van der Waals surface area contributed by atoms with Gasteiger partial charge < -0.3 is 14.9 Å². The minimum Gasteiger partial charge on any atom is -0.508 e. The first-order valence-electron chi connectivity index (χ1n) is 6.66. The molecular weight excluding hydrogens is 224 g/mol. The van der Waals surface area contributed by atoms with Gasteiger partial charge in [0.2, 0.25) is 0 Å². The number of phenols is 1. The average molecular weight is 248 g/mol. The van der Waals surface area contributed by atoms with Crippen molar-refractivity contribution in [1.82, 2.24) is 9.80 Å². The molecule has 0 saturated heterocycles. The number of aromatic hydroxyl groups is 1. The summed E-state index contributed by atoms with van der Waals surface area (Å²) < 4.78 is 0. The van der Waals surface area contributed by atoms with Crippen molar-refractivity contribution < 1.29 is 5.11 Å². The quantitative estimate of drug-likeness (QED) is 0.866. The third kappa shape index (κ3) is 2.85. The zero-order chi connectivity index (χ0) is 13.2. The maximum atomic E-state index is 9.28. The van der Waals surface area contributed by atoms with Crippen LogP contribution < -0.4 is 0 Å². The highest BCUT2D eigenvalue weighted by Crippen LogP contribution is 2.36. The number of likely N-dealkylation sites (N-methyl/N-ethyl adjacent to an activating group) is 2. The molecule has 1 aliphatic rings. The van der Waals surface area contributed by atoms with Gasteiger partial charge in [-0.1, -0.05) is 12.1 Å². The van der Waals surface area contributed by atoms with Gasteiger partial charge in [0.05, 0.1) is 0 Å². The van der Waals surface area contributed by atoms with Gasteiger partial charge in [-0.05, 0) is 58.1 Å². The summed E-state index contributed by atoms with van der Waals surface area (Å²) in [4.78, 5) is 4.76. The molecule has 0 amide bonds. The predicted molar refractivity (Wildman–Crippen MR) is 74.7 cm³/mol. The van der Waals surface area contributed by atoms with E-state index >= 15 is 0 Å². The minimum absolute atomic E-state index is 0.338. The van der Waals surface area contributed by atoms with Crippen molar-refractivity contribution in [3.8, 4) is 5.75 Å². The number of nitrogens with zero attached hydrogens (tertiary/aromatic N) is 2. The molecule has 1 saturated carbocycles. The molecule has 1 fully saturated rings. The first-order chi connectivity index (χ1) is 8.52. The van der Waals surface area contributed by atoms with E-state index in [1.165, 1.54) is 24.8 Å². The molecule has 1 N–H and O–H groups in total. The van der Waals surface area contributed by atoms with E-state index in [0.717, 1.165) is 13.1 Å². The van der Waals surface area contributed by atoms with Gasteiger partial charge >= 0.3 is 0 Å². The van der Waals surface area contributed by atoms with E-state index in [9.17, 15) is 5.11 Å². The first-order valence-corrected chi connectivity index (χ1v) is 6.66. The Balaban J connectivity index is 1.92. The maximum Gasteiger partial charge on any atom is 0.115 e. The van der Waals surface area contributed by atoms with Crippen molar-refractivity contribution in [3.05, 3.63) is 29.8 Å². The average Bonchev–Trinajstić information content (AvgIpc) is 2.26. The van der Waals surface area contributed by atoms with Gasteiger partial charge in [0.25, 0.3) is 0 Å². The van der Waals surface area contributed by atoms with Gasteiger partial charge in [0, 0.05) is 18.6 Å². The number of hydrogen-bond donors (Lipinski definition) is 1. The summed E-state index contributed by atoms with van der Waals surface area (Å²) in [7, 11) is 6.55. The second-order valence-electron chi connectivity index (χ2n) is 5.81. The van der Waals surface area contributed by atoms with Gasteiger partial charge in [-0.3, -0.25) is 0 Å². The molecule has 100 valence electrons. The van der Waals surface area contributed by atoms with E-state index in [-0.39, 0.29) is 0 Å². The van der Waals surface area contributed by atoms with Crippen molar-refractivity contribution in [1.29, 1.82) is 0 Å². The van der Waals surface area contributed by atoms with Crippen LogP contribution in [0.4, 0.5) is 0 Å². The van der Waals surface area contributed by atoms with Crippen molar-refractivity contribution in [2.75, 3.05) is 27.7 Å². The Bertz CT molecular complexity index is 382. The van der Waals surface area contributed by atoms with Crippen LogP contribution >= 0.6 is 0 Å². The fourth-order valence-electron chi connectivity index (χ4n) is 2.80. The fourth-order valence-corrected chi connectivity index (χ4v) is 2.80. The molecule has 3 heteroatoms. The van der Waals surface area contributed by atoms with Crippen LogP contribution in [-0.2, 0) is 6.54 Å². The summed E-state index contributed by atoms with van der Waals surface area (Å²) in [6.07, 6.45) is 3.96. The Morgan fingerprint density at radius 3 is 2.17 bits per heavy atom. The molecule has 3 nitrogen and oxygen atoms in total. The highest BCUT2D eigenvalue weighted by molar-refractivity contribution is 5.25. The number of hydrogen-bond acceptors (Lipinski definition) is 3. The van der Waals surface area contributed by atoms with E-state index in [1.807, 2.05) is 12.1 Å². The molecular formula is C15H24N2O. The lowest BCUT2D eigenvalue weighted by atomic mass is 9.75. The van der Waals surface area contributed by atoms with Gasteiger partial charge in [-0.25, -0.2) is 0 Å². The Hall–Kier alpha value is -1.06. The topological polar surface area (TPSA) is 26.7 Å². The van der Waals surface area contributed by atoms with Crippen LogP contribution in [0, 0.1) is 0 Å². The molecule has 18 heavy (non-hydrogen) atoms. The fraction of sp³-hybridized carbons (Fsp3) is 0.600. The third-order valence-corrected chi connectivity index (χ3v) is 4.19. The van der Waals surface area contributed by atoms with Gasteiger partial charge in [0.1, 0.15) is 5.75 Å². The smallest absolute Gasteiger partial charge is 0.115 e. The van der Waals surface area contributed by atoms with Gasteiger partial charge in [-0.2, -0.15) is 0 Å². The number of phenolic OH excluding ortho intramolecular Hbond substituents is 1. The van der Waals surface area contributed by atoms with E-state index < -0.39 is 0 Å². The summed E-state index contributed by atoms with van der Waals surface area (Å²) >= 11 is 0. The van der Waals surface area contributed by atoms with Crippen molar-refractivity contribution >= 4 is 0 Å². The summed E-state index contributed by atoms with van der Waals surface area (Å²) in [6, 6.07) is 7.51. The van der Waals surface area contributed by atoms with Gasteiger partial charge in [-0.15, -0.1) is 0 Å². The molecule has 1 aromatic rings. The largest absolute Gasteiger partial charge is 0.508 e. The Morgan fingerprint density at radius 2 is 1.72 bits per heavy atom. The van der Waals surface area contributed by atoms with Crippen molar-refractivity contribution in [2.24, 2.45) is 0 Å². The second kappa shape index (κ2) is 5.29. The minimum atomic E-state index is 0.338. The van der Waals surface area contributed by atoms with E-state index in [2.05, 4.69) is 30.9 Å². The van der Waals surface area contributed by atoms with Crippen molar-refractivity contribution in [3.63, 3.8) is 0 Å². The lowest BCUT2D eigenvalue weighted by molar-refractivity contribution is 0.0259. The molecule has 0 heterocycles. The highest BCUT2D eigenvalue weighted by atomic mass is 16.3. The molecule has 0 unspecified atom stereocenters. The lowest BCUT2D eigenvalue weighted by Gasteiger charge is -2.49. The van der Waals surface area contributed by atoms with E-state index in [4.69, 9.17) is 0 Å². The molecule has 1 aliphatic carbocycles. The summed E-state index contributed by atoms with van der Waals surface area (Å²) in [6.45, 7) is 2.05. The Morgan fingerprint density at radius 1 is 1.11 bits per heavy atom. The summed E-state index contributed by atoms with van der Waals surface area (Å²) in [5, 5.41) is 9.28. The lowest BCUT2D eigenvalue weighted by Crippen LogP contribution is -2.56. The van der Waals surface area contributed by atoms with Crippen LogP contribution in [0.25, 0.3) is 0 Å². The predicted octanol–water partition coefficient (Wildman–Crippen LogP) is 2.31. The normalized spacial score (nSPS) is 18.1. The molecule has 0 bridgehead atoms. The number of rotatable bonds is 5. The van der Waals surface area contributed by atoms with Crippen LogP contribution in [0.1, 0.15) is 24.8 Å². The van der Waals surface area contributed by atoms with E-state index in [1.54, 1.807) is 12.1 Å². The summed E-state index contributed by atoms with van der Waals surface area (Å²) in [5.74, 6) is 0.338. The molecule has 0 aromatic heterocycles. The van der Waals surface area contributed by atoms with E-state index in [0.29, 0.717) is 11.3 Å². The number of benzene rings is 1. The Labute approximate surface area is 110 Å². The molecule has 0 aliphatic heterocycles.